The van der Waals surface area contributed by atoms with Crippen molar-refractivity contribution in [3.8, 4) is 0 Å². The first-order valence-corrected chi connectivity index (χ1v) is 12.9. The third kappa shape index (κ3) is 6.64. The second-order valence-electron chi connectivity index (χ2n) is 9.62. The van der Waals surface area contributed by atoms with E-state index in [9.17, 15) is 22.4 Å². The van der Waals surface area contributed by atoms with Gasteiger partial charge in [-0.15, -0.1) is 0 Å². The minimum absolute atomic E-state index is 0.0666. The molecule has 2 aromatic carbocycles. The van der Waals surface area contributed by atoms with E-state index in [1.165, 1.54) is 12.1 Å². The molecule has 0 radical (unpaired) electrons. The van der Waals surface area contributed by atoms with Crippen LogP contribution >= 0.6 is 0 Å². The second-order valence-corrected chi connectivity index (χ2v) is 11.3. The van der Waals surface area contributed by atoms with Crippen molar-refractivity contribution in [1.29, 1.82) is 0 Å². The summed E-state index contributed by atoms with van der Waals surface area (Å²) in [5.74, 6) is -1.30. The number of rotatable bonds is 7. The summed E-state index contributed by atoms with van der Waals surface area (Å²) in [7, 11) is -4.27. The number of amides is 2. The molecule has 1 fully saturated rings. The SMILES string of the molecule is CC(C)(C)C(=O)N1CCC(NC(=O)C(Cc2ccccc2)NS(=O)(=O)c2ccccc2F)CC1. The largest absolute Gasteiger partial charge is 0.352 e. The Morgan fingerprint density at radius 1 is 1.03 bits per heavy atom. The maximum absolute atomic E-state index is 14.2. The summed E-state index contributed by atoms with van der Waals surface area (Å²) in [6, 6.07) is 12.8. The van der Waals surface area contributed by atoms with Gasteiger partial charge in [-0.2, -0.15) is 4.72 Å². The van der Waals surface area contributed by atoms with E-state index in [-0.39, 0.29) is 18.4 Å². The number of hydrogen-bond acceptors (Lipinski definition) is 4. The Morgan fingerprint density at radius 3 is 2.21 bits per heavy atom. The van der Waals surface area contributed by atoms with E-state index >= 15 is 0 Å². The van der Waals surface area contributed by atoms with Crippen molar-refractivity contribution in [1.82, 2.24) is 14.9 Å². The number of sulfonamides is 1. The van der Waals surface area contributed by atoms with Crippen LogP contribution in [0.1, 0.15) is 39.2 Å². The van der Waals surface area contributed by atoms with Crippen molar-refractivity contribution in [2.75, 3.05) is 13.1 Å². The summed E-state index contributed by atoms with van der Waals surface area (Å²) in [6.45, 7) is 6.66. The molecule has 184 valence electrons. The van der Waals surface area contributed by atoms with Crippen molar-refractivity contribution in [3.05, 3.63) is 66.0 Å². The van der Waals surface area contributed by atoms with Gasteiger partial charge in [-0.1, -0.05) is 63.2 Å². The number of carbonyl (C=O) groups excluding carboxylic acids is 2. The second kappa shape index (κ2) is 10.7. The van der Waals surface area contributed by atoms with Crippen molar-refractivity contribution >= 4 is 21.8 Å². The van der Waals surface area contributed by atoms with Gasteiger partial charge in [0.25, 0.3) is 0 Å². The fraction of sp³-hybridized carbons (Fsp3) is 0.440. The number of piperidine rings is 1. The molecule has 1 aliphatic rings. The molecule has 2 amide bonds. The van der Waals surface area contributed by atoms with E-state index in [1.54, 1.807) is 29.2 Å². The van der Waals surface area contributed by atoms with Crippen LogP contribution in [0.25, 0.3) is 0 Å². The maximum Gasteiger partial charge on any atom is 0.244 e. The highest BCUT2D eigenvalue weighted by atomic mass is 32.2. The van der Waals surface area contributed by atoms with Crippen LogP contribution in [0.5, 0.6) is 0 Å². The monoisotopic (exact) mass is 489 g/mol. The van der Waals surface area contributed by atoms with Crippen molar-refractivity contribution < 1.29 is 22.4 Å². The molecular weight excluding hydrogens is 457 g/mol. The highest BCUT2D eigenvalue weighted by Gasteiger charge is 2.33. The van der Waals surface area contributed by atoms with Crippen molar-refractivity contribution in [2.45, 2.75) is 57.0 Å². The van der Waals surface area contributed by atoms with Gasteiger partial charge in [-0.3, -0.25) is 9.59 Å². The average molecular weight is 490 g/mol. The highest BCUT2D eigenvalue weighted by molar-refractivity contribution is 7.89. The Bertz CT molecular complexity index is 1110. The topological polar surface area (TPSA) is 95.6 Å². The first-order valence-electron chi connectivity index (χ1n) is 11.4. The first-order chi connectivity index (χ1) is 16.0. The number of benzene rings is 2. The lowest BCUT2D eigenvalue weighted by Crippen LogP contribution is -2.54. The summed E-state index contributed by atoms with van der Waals surface area (Å²) in [6.07, 6.45) is 1.26. The standard InChI is InChI=1S/C25H32FN3O4S/c1-25(2,3)24(31)29-15-13-19(14-16-29)27-23(30)21(17-18-9-5-4-6-10-18)28-34(32,33)22-12-8-7-11-20(22)26/h4-12,19,21,28H,13-17H2,1-3H3,(H,27,30). The molecule has 0 aromatic heterocycles. The van der Waals surface area contributed by atoms with Gasteiger partial charge in [0.15, 0.2) is 0 Å². The number of carbonyl (C=O) groups is 2. The number of halogens is 1. The molecule has 0 aliphatic carbocycles. The lowest BCUT2D eigenvalue weighted by molar-refractivity contribution is -0.140. The Labute approximate surface area is 200 Å². The van der Waals surface area contributed by atoms with Crippen LogP contribution in [0, 0.1) is 11.2 Å². The van der Waals surface area contributed by atoms with Crippen LogP contribution in [-0.2, 0) is 26.0 Å². The van der Waals surface area contributed by atoms with Crippen LogP contribution in [0.15, 0.2) is 59.5 Å². The van der Waals surface area contributed by atoms with Crippen molar-refractivity contribution in [3.63, 3.8) is 0 Å². The van der Waals surface area contributed by atoms with Gasteiger partial charge in [0, 0.05) is 24.5 Å². The van der Waals surface area contributed by atoms with Gasteiger partial charge in [0.2, 0.25) is 21.8 Å². The Morgan fingerprint density at radius 2 is 1.62 bits per heavy atom. The zero-order chi connectivity index (χ0) is 24.9. The molecule has 0 saturated carbocycles. The fourth-order valence-corrected chi connectivity index (χ4v) is 5.23. The fourth-order valence-electron chi connectivity index (χ4n) is 3.95. The molecule has 3 rings (SSSR count). The molecule has 2 N–H and O–H groups in total. The highest BCUT2D eigenvalue weighted by Crippen LogP contribution is 2.21. The molecule has 7 nitrogen and oxygen atoms in total. The quantitative estimate of drug-likeness (QED) is 0.625. The van der Waals surface area contributed by atoms with Crippen LogP contribution in [0.3, 0.4) is 0 Å². The average Bonchev–Trinajstić information content (AvgIpc) is 2.79. The van der Waals surface area contributed by atoms with E-state index in [1.807, 2.05) is 26.8 Å². The van der Waals surface area contributed by atoms with Gasteiger partial charge in [-0.05, 0) is 37.0 Å². The van der Waals surface area contributed by atoms with Crippen LogP contribution in [0.4, 0.5) is 4.39 Å². The smallest absolute Gasteiger partial charge is 0.244 e. The van der Waals surface area contributed by atoms with E-state index in [0.717, 1.165) is 17.7 Å². The zero-order valence-corrected chi connectivity index (χ0v) is 20.6. The first kappa shape index (κ1) is 25.8. The molecule has 9 heteroatoms. The van der Waals surface area contributed by atoms with Crippen LogP contribution in [-0.4, -0.2) is 50.3 Å². The molecule has 1 saturated heterocycles. The number of nitrogens with one attached hydrogen (secondary N) is 2. The molecule has 1 unspecified atom stereocenters. The molecule has 1 atom stereocenters. The van der Waals surface area contributed by atoms with Gasteiger partial charge >= 0.3 is 0 Å². The molecule has 34 heavy (non-hydrogen) atoms. The zero-order valence-electron chi connectivity index (χ0n) is 19.8. The normalized spacial score (nSPS) is 16.2. The number of likely N-dealkylation sites (tertiary alicyclic amines) is 1. The summed E-state index contributed by atoms with van der Waals surface area (Å²) in [5, 5.41) is 2.93. The third-order valence-corrected chi connectivity index (χ3v) is 7.30. The van der Waals surface area contributed by atoms with Crippen LogP contribution in [0.2, 0.25) is 0 Å². The minimum atomic E-state index is -4.27. The van der Waals surface area contributed by atoms with Gasteiger partial charge < -0.3 is 10.2 Å². The Hall–Kier alpha value is -2.78. The predicted molar refractivity (Wildman–Crippen MR) is 128 cm³/mol. The molecule has 1 heterocycles. The van der Waals surface area contributed by atoms with Gasteiger partial charge in [0.1, 0.15) is 16.8 Å². The molecule has 1 aliphatic heterocycles. The van der Waals surface area contributed by atoms with Crippen LogP contribution < -0.4 is 10.0 Å². The van der Waals surface area contributed by atoms with E-state index in [2.05, 4.69) is 10.0 Å². The van der Waals surface area contributed by atoms with Gasteiger partial charge in [0.05, 0.1) is 0 Å². The Balaban J connectivity index is 1.72. The summed E-state index contributed by atoms with van der Waals surface area (Å²) < 4.78 is 42.3. The minimum Gasteiger partial charge on any atom is -0.352 e. The summed E-state index contributed by atoms with van der Waals surface area (Å²) >= 11 is 0. The molecule has 0 bridgehead atoms. The summed E-state index contributed by atoms with van der Waals surface area (Å²) in [4.78, 5) is 27.0. The van der Waals surface area contributed by atoms with E-state index in [4.69, 9.17) is 0 Å². The predicted octanol–water partition coefficient (Wildman–Crippen LogP) is 2.87. The molecular formula is C25H32FN3O4S. The lowest BCUT2D eigenvalue weighted by atomic mass is 9.93. The van der Waals surface area contributed by atoms with E-state index in [0.29, 0.717) is 25.9 Å². The summed E-state index contributed by atoms with van der Waals surface area (Å²) in [5.41, 5.74) is 0.298. The maximum atomic E-state index is 14.2. The molecule has 0 spiro atoms. The molecule has 2 aromatic rings. The van der Waals surface area contributed by atoms with Crippen molar-refractivity contribution in [2.24, 2.45) is 5.41 Å². The van der Waals surface area contributed by atoms with E-state index < -0.39 is 38.1 Å². The Kier molecular flexibility index (Phi) is 8.09. The van der Waals surface area contributed by atoms with Gasteiger partial charge in [-0.25, -0.2) is 12.8 Å². The number of hydrogen-bond donors (Lipinski definition) is 2. The number of nitrogens with zero attached hydrogens (tertiary/aromatic N) is 1. The lowest BCUT2D eigenvalue weighted by Gasteiger charge is -2.36. The third-order valence-electron chi connectivity index (χ3n) is 5.79.